The topological polar surface area (TPSA) is 32.3 Å². The number of rotatable bonds is 2. The maximum atomic E-state index is 12.5. The molecule has 1 heterocycles. The third-order valence-corrected chi connectivity index (χ3v) is 4.68. The number of hydrogen-bond donors (Lipinski definition) is 1. The van der Waals surface area contributed by atoms with E-state index in [9.17, 15) is 4.79 Å². The van der Waals surface area contributed by atoms with Crippen LogP contribution < -0.4 is 5.32 Å². The summed E-state index contributed by atoms with van der Waals surface area (Å²) in [6.07, 6.45) is 5.56. The second-order valence-electron chi connectivity index (χ2n) is 6.25. The summed E-state index contributed by atoms with van der Waals surface area (Å²) in [6.45, 7) is 2.02. The maximum absolute atomic E-state index is 12.5. The van der Waals surface area contributed by atoms with Crippen LogP contribution in [0.3, 0.4) is 0 Å². The van der Waals surface area contributed by atoms with Gasteiger partial charge in [0.1, 0.15) is 0 Å². The summed E-state index contributed by atoms with van der Waals surface area (Å²) in [7, 11) is 2.11. The number of aryl methyl sites for hydroxylation is 1. The molecule has 1 saturated heterocycles. The number of fused-ring (bicyclic) bond motifs is 1. The SMILES string of the molecule is CN1CCC[C@@H](C(=O)N[C@@H]2CCCc3ccccc32)C1. The van der Waals surface area contributed by atoms with Gasteiger partial charge in [0.25, 0.3) is 0 Å². The van der Waals surface area contributed by atoms with Crippen LogP contribution in [0, 0.1) is 5.92 Å². The minimum absolute atomic E-state index is 0.169. The van der Waals surface area contributed by atoms with E-state index in [4.69, 9.17) is 0 Å². The van der Waals surface area contributed by atoms with Crippen molar-refractivity contribution >= 4 is 5.91 Å². The number of amides is 1. The van der Waals surface area contributed by atoms with Crippen LogP contribution in [0.15, 0.2) is 24.3 Å². The molecule has 1 amide bonds. The molecular formula is C17H24N2O. The van der Waals surface area contributed by atoms with Gasteiger partial charge >= 0.3 is 0 Å². The molecule has 3 heteroatoms. The van der Waals surface area contributed by atoms with Crippen molar-refractivity contribution in [3.05, 3.63) is 35.4 Å². The predicted molar refractivity (Wildman–Crippen MR) is 80.5 cm³/mol. The van der Waals surface area contributed by atoms with Crippen molar-refractivity contribution in [2.45, 2.75) is 38.1 Å². The van der Waals surface area contributed by atoms with Gasteiger partial charge in [0, 0.05) is 6.54 Å². The summed E-state index contributed by atoms with van der Waals surface area (Å²) < 4.78 is 0. The van der Waals surface area contributed by atoms with Crippen LogP contribution in [0.1, 0.15) is 42.9 Å². The number of benzene rings is 1. The molecule has 1 fully saturated rings. The molecule has 1 N–H and O–H groups in total. The van der Waals surface area contributed by atoms with Gasteiger partial charge in [0.05, 0.1) is 12.0 Å². The molecule has 108 valence electrons. The van der Waals surface area contributed by atoms with Crippen molar-refractivity contribution in [1.82, 2.24) is 10.2 Å². The fourth-order valence-electron chi connectivity index (χ4n) is 3.57. The van der Waals surface area contributed by atoms with Gasteiger partial charge in [-0.2, -0.15) is 0 Å². The van der Waals surface area contributed by atoms with Gasteiger partial charge < -0.3 is 10.2 Å². The third-order valence-electron chi connectivity index (χ3n) is 4.68. The van der Waals surface area contributed by atoms with Crippen molar-refractivity contribution in [3.8, 4) is 0 Å². The fourth-order valence-corrected chi connectivity index (χ4v) is 3.57. The van der Waals surface area contributed by atoms with Gasteiger partial charge in [-0.05, 0) is 56.8 Å². The Morgan fingerprint density at radius 2 is 2.10 bits per heavy atom. The van der Waals surface area contributed by atoms with E-state index >= 15 is 0 Å². The van der Waals surface area contributed by atoms with Crippen LogP contribution in [0.5, 0.6) is 0 Å². The highest BCUT2D eigenvalue weighted by Crippen LogP contribution is 2.30. The highest BCUT2D eigenvalue weighted by Gasteiger charge is 2.27. The molecule has 2 aliphatic rings. The lowest BCUT2D eigenvalue weighted by Crippen LogP contribution is -2.43. The first-order valence-corrected chi connectivity index (χ1v) is 7.81. The molecule has 0 spiro atoms. The molecule has 0 radical (unpaired) electrons. The largest absolute Gasteiger partial charge is 0.349 e. The van der Waals surface area contributed by atoms with Crippen molar-refractivity contribution in [3.63, 3.8) is 0 Å². The molecule has 0 saturated carbocycles. The van der Waals surface area contributed by atoms with Crippen LogP contribution in [-0.2, 0) is 11.2 Å². The summed E-state index contributed by atoms with van der Waals surface area (Å²) in [5.41, 5.74) is 2.74. The Morgan fingerprint density at radius 3 is 2.95 bits per heavy atom. The van der Waals surface area contributed by atoms with E-state index < -0.39 is 0 Å². The van der Waals surface area contributed by atoms with Gasteiger partial charge in [0.2, 0.25) is 5.91 Å². The predicted octanol–water partition coefficient (Wildman–Crippen LogP) is 2.52. The Hall–Kier alpha value is -1.35. The van der Waals surface area contributed by atoms with E-state index in [1.807, 2.05) is 0 Å². The van der Waals surface area contributed by atoms with Crippen molar-refractivity contribution in [2.24, 2.45) is 5.92 Å². The highest BCUT2D eigenvalue weighted by atomic mass is 16.2. The zero-order valence-electron chi connectivity index (χ0n) is 12.3. The first-order chi connectivity index (χ1) is 9.74. The molecule has 0 bridgehead atoms. The quantitative estimate of drug-likeness (QED) is 0.897. The van der Waals surface area contributed by atoms with Gasteiger partial charge in [0.15, 0.2) is 0 Å². The summed E-state index contributed by atoms with van der Waals surface area (Å²) in [4.78, 5) is 14.8. The molecule has 1 aromatic rings. The molecular weight excluding hydrogens is 248 g/mol. The lowest BCUT2D eigenvalue weighted by Gasteiger charge is -2.32. The Bertz CT molecular complexity index is 486. The van der Waals surface area contributed by atoms with Crippen LogP contribution in [0.2, 0.25) is 0 Å². The van der Waals surface area contributed by atoms with Gasteiger partial charge in [-0.3, -0.25) is 4.79 Å². The number of nitrogens with one attached hydrogen (secondary N) is 1. The standard InChI is InChI=1S/C17H24N2O/c1-19-11-5-8-14(12-19)17(20)18-16-10-4-7-13-6-2-3-9-15(13)16/h2-3,6,9,14,16H,4-5,7-8,10-12H2,1H3,(H,18,20)/t14-,16-/m1/s1. The first-order valence-electron chi connectivity index (χ1n) is 7.81. The molecule has 2 atom stereocenters. The Labute approximate surface area is 121 Å². The Kier molecular flexibility index (Phi) is 4.06. The molecule has 1 aromatic carbocycles. The van der Waals surface area contributed by atoms with Gasteiger partial charge in [-0.25, -0.2) is 0 Å². The highest BCUT2D eigenvalue weighted by molar-refractivity contribution is 5.79. The average Bonchev–Trinajstić information content (AvgIpc) is 2.47. The summed E-state index contributed by atoms with van der Waals surface area (Å²) in [5.74, 6) is 0.418. The Morgan fingerprint density at radius 1 is 1.25 bits per heavy atom. The normalized spacial score (nSPS) is 26.9. The summed E-state index contributed by atoms with van der Waals surface area (Å²) >= 11 is 0. The molecule has 3 nitrogen and oxygen atoms in total. The minimum atomic E-state index is 0.169. The lowest BCUT2D eigenvalue weighted by molar-refractivity contribution is -0.127. The van der Waals surface area contributed by atoms with E-state index in [2.05, 4.69) is 41.5 Å². The molecule has 20 heavy (non-hydrogen) atoms. The van der Waals surface area contributed by atoms with Crippen LogP contribution in [0.25, 0.3) is 0 Å². The third kappa shape index (κ3) is 2.88. The monoisotopic (exact) mass is 272 g/mol. The van der Waals surface area contributed by atoms with Crippen molar-refractivity contribution in [2.75, 3.05) is 20.1 Å². The molecule has 3 rings (SSSR count). The Balaban J connectivity index is 1.68. The average molecular weight is 272 g/mol. The number of carbonyl (C=O) groups excluding carboxylic acids is 1. The molecule has 1 aliphatic carbocycles. The van der Waals surface area contributed by atoms with Crippen LogP contribution in [0.4, 0.5) is 0 Å². The zero-order valence-corrected chi connectivity index (χ0v) is 12.3. The van der Waals surface area contributed by atoms with Crippen LogP contribution >= 0.6 is 0 Å². The number of nitrogens with zero attached hydrogens (tertiary/aromatic N) is 1. The first kappa shape index (κ1) is 13.6. The number of hydrogen-bond acceptors (Lipinski definition) is 2. The van der Waals surface area contributed by atoms with E-state index in [1.165, 1.54) is 17.5 Å². The van der Waals surface area contributed by atoms with Crippen molar-refractivity contribution in [1.29, 1.82) is 0 Å². The molecule has 0 aromatic heterocycles. The smallest absolute Gasteiger partial charge is 0.224 e. The van der Waals surface area contributed by atoms with E-state index in [0.29, 0.717) is 0 Å². The number of piperidine rings is 1. The zero-order chi connectivity index (χ0) is 13.9. The summed E-state index contributed by atoms with van der Waals surface area (Å²) in [6, 6.07) is 8.77. The summed E-state index contributed by atoms with van der Waals surface area (Å²) in [5, 5.41) is 3.30. The van der Waals surface area contributed by atoms with Gasteiger partial charge in [-0.15, -0.1) is 0 Å². The number of carbonyl (C=O) groups is 1. The maximum Gasteiger partial charge on any atom is 0.224 e. The van der Waals surface area contributed by atoms with E-state index in [1.54, 1.807) is 0 Å². The fraction of sp³-hybridized carbons (Fsp3) is 0.588. The minimum Gasteiger partial charge on any atom is -0.349 e. The molecule has 0 unspecified atom stereocenters. The lowest BCUT2D eigenvalue weighted by atomic mass is 9.87. The second kappa shape index (κ2) is 5.96. The van der Waals surface area contributed by atoms with E-state index in [0.717, 1.165) is 38.8 Å². The van der Waals surface area contributed by atoms with Crippen molar-refractivity contribution < 1.29 is 4.79 Å². The van der Waals surface area contributed by atoms with Gasteiger partial charge in [-0.1, -0.05) is 24.3 Å². The number of likely N-dealkylation sites (tertiary alicyclic amines) is 1. The second-order valence-corrected chi connectivity index (χ2v) is 6.25. The molecule has 1 aliphatic heterocycles. The van der Waals surface area contributed by atoms with E-state index in [-0.39, 0.29) is 17.9 Å². The van der Waals surface area contributed by atoms with Crippen LogP contribution in [-0.4, -0.2) is 30.9 Å².